The molecule has 0 unspecified atom stereocenters. The Morgan fingerprint density at radius 2 is 1.42 bits per heavy atom. The van der Waals surface area contributed by atoms with Gasteiger partial charge in [-0.2, -0.15) is 0 Å². The minimum atomic E-state index is -1.52. The molecule has 2 N–H and O–H groups in total. The van der Waals surface area contributed by atoms with Crippen molar-refractivity contribution in [2.75, 3.05) is 13.3 Å². The molecule has 0 radical (unpaired) electrons. The van der Waals surface area contributed by atoms with Crippen LogP contribution in [0.1, 0.15) is 54.6 Å². The number of aromatic nitrogens is 4. The number of benzene rings is 1. The molecule has 2 aliphatic rings. The SMILES string of the molecule is CC(=O)OC[C@H]1O[C@@H](n2c3ncccc3c3c4c(c5c6cccnc6[nH]c5c32)C(=O)N(CO)C4=O)[C@H](OC(C)=O)[C@@H](OC(C)=O)[C@@H]1OC(C)=O. The number of esters is 4. The van der Waals surface area contributed by atoms with Crippen LogP contribution in [0.25, 0.3) is 43.9 Å². The molecule has 0 saturated carbocycles. The van der Waals surface area contributed by atoms with Crippen molar-refractivity contribution in [3.63, 3.8) is 0 Å². The van der Waals surface area contributed by atoms with Gasteiger partial charge in [0.2, 0.25) is 0 Å². The van der Waals surface area contributed by atoms with Crippen molar-refractivity contribution in [3.05, 3.63) is 47.8 Å². The summed E-state index contributed by atoms with van der Waals surface area (Å²) in [7, 11) is 0. The second-order valence-corrected chi connectivity index (χ2v) is 11.8. The van der Waals surface area contributed by atoms with Gasteiger partial charge in [0.05, 0.1) is 22.2 Å². The van der Waals surface area contributed by atoms with Gasteiger partial charge in [0.25, 0.3) is 11.8 Å². The van der Waals surface area contributed by atoms with Crippen molar-refractivity contribution in [1.82, 2.24) is 24.4 Å². The number of aromatic amines is 1. The van der Waals surface area contributed by atoms with Crippen molar-refractivity contribution >= 4 is 79.6 Å². The van der Waals surface area contributed by atoms with Gasteiger partial charge in [0.15, 0.2) is 24.5 Å². The van der Waals surface area contributed by atoms with Crippen molar-refractivity contribution in [2.24, 2.45) is 0 Å². The van der Waals surface area contributed by atoms with E-state index in [4.69, 9.17) is 23.7 Å². The van der Waals surface area contributed by atoms with Gasteiger partial charge in [0, 0.05) is 61.6 Å². The van der Waals surface area contributed by atoms with E-state index in [1.807, 2.05) is 0 Å². The monoisotopic (exact) mass is 687 g/mol. The number of aliphatic hydroxyl groups excluding tert-OH is 1. The number of pyridine rings is 2. The highest BCUT2D eigenvalue weighted by atomic mass is 16.7. The summed E-state index contributed by atoms with van der Waals surface area (Å²) in [6, 6.07) is 6.66. The molecule has 17 heteroatoms. The largest absolute Gasteiger partial charge is 0.463 e. The van der Waals surface area contributed by atoms with Crippen LogP contribution in [0.2, 0.25) is 0 Å². The lowest BCUT2D eigenvalue weighted by Crippen LogP contribution is -2.60. The maximum Gasteiger partial charge on any atom is 0.303 e. The van der Waals surface area contributed by atoms with Gasteiger partial charge in [0.1, 0.15) is 30.7 Å². The lowest BCUT2D eigenvalue weighted by molar-refractivity contribution is -0.267. The van der Waals surface area contributed by atoms with Gasteiger partial charge in [-0.1, -0.05) is 0 Å². The third-order valence-electron chi connectivity index (χ3n) is 8.60. The second kappa shape index (κ2) is 12.2. The van der Waals surface area contributed by atoms with Gasteiger partial charge in [-0.15, -0.1) is 0 Å². The summed E-state index contributed by atoms with van der Waals surface area (Å²) in [5.74, 6) is -4.58. The molecule has 50 heavy (non-hydrogen) atoms. The number of aliphatic hydroxyl groups is 1. The summed E-state index contributed by atoms with van der Waals surface area (Å²) in [6.07, 6.45) is -4.17. The summed E-state index contributed by atoms with van der Waals surface area (Å²) >= 11 is 0. The summed E-state index contributed by atoms with van der Waals surface area (Å²) in [6.45, 7) is 3.17. The lowest BCUT2D eigenvalue weighted by atomic mass is 9.96. The molecule has 0 aliphatic carbocycles. The van der Waals surface area contributed by atoms with Gasteiger partial charge < -0.3 is 33.8 Å². The average Bonchev–Trinajstić information content (AvgIpc) is 3.68. The van der Waals surface area contributed by atoms with Crippen LogP contribution in [-0.4, -0.2) is 103 Å². The highest BCUT2D eigenvalue weighted by molar-refractivity contribution is 6.39. The van der Waals surface area contributed by atoms with Gasteiger partial charge >= 0.3 is 23.9 Å². The fourth-order valence-corrected chi connectivity index (χ4v) is 6.93. The molecule has 258 valence electrons. The number of carbonyl (C=O) groups excluding carboxylic acids is 6. The van der Waals surface area contributed by atoms with Crippen LogP contribution < -0.4 is 0 Å². The summed E-state index contributed by atoms with van der Waals surface area (Å²) in [5, 5.41) is 11.5. The molecule has 5 aromatic rings. The smallest absolute Gasteiger partial charge is 0.303 e. The highest BCUT2D eigenvalue weighted by Gasteiger charge is 2.54. The zero-order valence-corrected chi connectivity index (χ0v) is 27.0. The number of H-pyrrole nitrogens is 1. The highest BCUT2D eigenvalue weighted by Crippen LogP contribution is 2.47. The Bertz CT molecular complexity index is 2290. The van der Waals surface area contributed by atoms with E-state index in [2.05, 4.69) is 15.0 Å². The molecular weight excluding hydrogens is 658 g/mol. The second-order valence-electron chi connectivity index (χ2n) is 11.8. The van der Waals surface area contributed by atoms with E-state index in [1.54, 1.807) is 30.5 Å². The minimum Gasteiger partial charge on any atom is -0.463 e. The molecule has 2 aliphatic heterocycles. The third kappa shape index (κ3) is 5.00. The zero-order chi connectivity index (χ0) is 35.6. The van der Waals surface area contributed by atoms with Crippen LogP contribution in [0.4, 0.5) is 0 Å². The van der Waals surface area contributed by atoms with Crippen molar-refractivity contribution < 1.29 is 57.6 Å². The summed E-state index contributed by atoms with van der Waals surface area (Å²) in [5.41, 5.74) is 1.15. The fraction of sp³-hybridized carbons (Fsp3) is 0.333. The van der Waals surface area contributed by atoms with Crippen LogP contribution in [0, 0.1) is 0 Å². The van der Waals surface area contributed by atoms with Gasteiger partial charge in [-0.05, 0) is 24.3 Å². The number of nitrogens with zero attached hydrogens (tertiary/aromatic N) is 4. The van der Waals surface area contributed by atoms with E-state index >= 15 is 0 Å². The number of imide groups is 1. The van der Waals surface area contributed by atoms with Crippen molar-refractivity contribution in [3.8, 4) is 0 Å². The van der Waals surface area contributed by atoms with Gasteiger partial charge in [-0.25, -0.2) is 9.97 Å². The van der Waals surface area contributed by atoms with Crippen LogP contribution >= 0.6 is 0 Å². The average molecular weight is 688 g/mol. The Balaban J connectivity index is 1.61. The first-order valence-electron chi connectivity index (χ1n) is 15.4. The molecule has 0 bridgehead atoms. The summed E-state index contributed by atoms with van der Waals surface area (Å²) in [4.78, 5) is 90.2. The molecule has 2 amide bonds. The van der Waals surface area contributed by atoms with E-state index in [1.165, 1.54) is 17.7 Å². The molecule has 1 saturated heterocycles. The number of hydrogen-bond acceptors (Lipinski definition) is 14. The first-order chi connectivity index (χ1) is 23.9. The molecule has 1 fully saturated rings. The van der Waals surface area contributed by atoms with E-state index < -0.39 is 79.7 Å². The maximum atomic E-state index is 13.9. The van der Waals surface area contributed by atoms with Crippen LogP contribution in [-0.2, 0) is 42.9 Å². The predicted molar refractivity (Wildman–Crippen MR) is 169 cm³/mol. The van der Waals surface area contributed by atoms with Crippen molar-refractivity contribution in [2.45, 2.75) is 58.3 Å². The molecule has 17 nitrogen and oxygen atoms in total. The normalized spacial score (nSPS) is 21.9. The lowest BCUT2D eigenvalue weighted by Gasteiger charge is -2.45. The Morgan fingerprint density at radius 1 is 0.820 bits per heavy atom. The third-order valence-corrected chi connectivity index (χ3v) is 8.60. The van der Waals surface area contributed by atoms with E-state index in [0.717, 1.165) is 20.8 Å². The van der Waals surface area contributed by atoms with Gasteiger partial charge in [-0.3, -0.25) is 38.2 Å². The maximum absolute atomic E-state index is 13.9. The quantitative estimate of drug-likeness (QED) is 0.142. The first-order valence-corrected chi connectivity index (χ1v) is 15.4. The van der Waals surface area contributed by atoms with Crippen LogP contribution in [0.3, 0.4) is 0 Å². The number of rotatable bonds is 7. The standard InChI is InChI=1S/C33H29N5O12/c1-13(40)46-11-19-26(47-14(2)41)27(48-15(3)42)28(49-16(4)43)33(50-19)38-25-21(18-8-6-10-35-30(18)38)23-22(31(44)37(12-39)32(23)45)20-17-7-5-9-34-29(17)36-24(20)25/h5-10,19,26-28,33,39H,11-12H2,1-4H3,(H,34,36)/t19-,26-,27+,28-,33-/m1/s1. The number of amides is 2. The van der Waals surface area contributed by atoms with E-state index in [-0.39, 0.29) is 27.7 Å². The van der Waals surface area contributed by atoms with E-state index in [9.17, 15) is 33.9 Å². The molecule has 6 heterocycles. The Morgan fingerprint density at radius 3 is 2.06 bits per heavy atom. The molecular formula is C33H29N5O12. The molecule has 1 aromatic carbocycles. The Kier molecular flexibility index (Phi) is 7.95. The molecule has 7 rings (SSSR count). The molecule has 4 aromatic heterocycles. The van der Waals surface area contributed by atoms with Crippen LogP contribution in [0.5, 0.6) is 0 Å². The fourth-order valence-electron chi connectivity index (χ4n) is 6.93. The zero-order valence-electron chi connectivity index (χ0n) is 27.0. The predicted octanol–water partition coefficient (Wildman–Crippen LogP) is 2.02. The topological polar surface area (TPSA) is 219 Å². The number of fused-ring (bicyclic) bond motifs is 10. The molecule has 0 spiro atoms. The Labute approximate surface area is 281 Å². The number of nitrogens with one attached hydrogen (secondary N) is 1. The minimum absolute atomic E-state index is 0.0151. The van der Waals surface area contributed by atoms with Crippen molar-refractivity contribution in [1.29, 1.82) is 0 Å². The Hall–Kier alpha value is -5.94. The van der Waals surface area contributed by atoms with Crippen LogP contribution in [0.15, 0.2) is 36.7 Å². The summed E-state index contributed by atoms with van der Waals surface area (Å²) < 4.78 is 30.3. The number of ether oxygens (including phenoxy) is 5. The number of hydrogen-bond donors (Lipinski definition) is 2. The molecule has 5 atom stereocenters. The van der Waals surface area contributed by atoms with E-state index in [0.29, 0.717) is 32.2 Å². The first kappa shape index (κ1) is 32.6. The number of carbonyl (C=O) groups is 6.